The fraction of sp³-hybridized carbons (Fsp3) is 0.312. The van der Waals surface area contributed by atoms with Crippen molar-refractivity contribution < 1.29 is 14.0 Å². The minimum absolute atomic E-state index is 0.138. The highest BCUT2D eigenvalue weighted by Gasteiger charge is 2.35. The molecule has 3 rings (SSSR count). The predicted molar refractivity (Wildman–Crippen MR) is 83.6 cm³/mol. The van der Waals surface area contributed by atoms with Crippen molar-refractivity contribution >= 4 is 23.2 Å². The van der Waals surface area contributed by atoms with Gasteiger partial charge in [0.15, 0.2) is 0 Å². The first kappa shape index (κ1) is 15.2. The van der Waals surface area contributed by atoms with Crippen molar-refractivity contribution in [2.24, 2.45) is 5.92 Å². The molecule has 1 unspecified atom stereocenters. The topological polar surface area (TPSA) is 78.1 Å². The zero-order chi connectivity index (χ0) is 16.6. The Morgan fingerprint density at radius 1 is 1.35 bits per heavy atom. The second-order valence-corrected chi connectivity index (χ2v) is 5.68. The van der Waals surface area contributed by atoms with E-state index in [2.05, 4.69) is 15.5 Å². The lowest BCUT2D eigenvalue weighted by Gasteiger charge is -2.16. The van der Waals surface area contributed by atoms with Crippen LogP contribution in [0.25, 0.3) is 0 Å². The molecule has 1 aromatic carbocycles. The second-order valence-electron chi connectivity index (χ2n) is 5.68. The average Bonchev–Trinajstić information content (AvgIpc) is 3.05. The van der Waals surface area contributed by atoms with Crippen LogP contribution in [-0.2, 0) is 9.59 Å². The normalized spacial score (nSPS) is 17.6. The number of carbonyl (C=O) groups excluding carboxylic acids is 2. The quantitative estimate of drug-likeness (QED) is 0.911. The number of aryl methyl sites for hydroxylation is 2. The maximum Gasteiger partial charge on any atom is 0.229 e. The maximum absolute atomic E-state index is 13.0. The highest BCUT2D eigenvalue weighted by atomic mass is 19.1. The Morgan fingerprint density at radius 2 is 2.04 bits per heavy atom. The standard InChI is InChI=1S/C16H17FN4O2/c1-9-15(10(2)20-19-9)18-16(23)11-7-14(22)21(8-11)13-5-3-12(17)4-6-13/h3-6,11H,7-8H2,1-2H3,(H,18,23)(H,19,20). The van der Waals surface area contributed by atoms with E-state index in [0.29, 0.717) is 17.1 Å². The summed E-state index contributed by atoms with van der Waals surface area (Å²) in [6.07, 6.45) is 0.138. The third-order valence-electron chi connectivity index (χ3n) is 4.01. The van der Waals surface area contributed by atoms with Crippen molar-refractivity contribution in [3.8, 4) is 0 Å². The van der Waals surface area contributed by atoms with E-state index in [-0.39, 0.29) is 30.6 Å². The molecule has 6 nitrogen and oxygen atoms in total. The van der Waals surface area contributed by atoms with Crippen molar-refractivity contribution in [1.82, 2.24) is 10.2 Å². The number of H-pyrrole nitrogens is 1. The van der Waals surface area contributed by atoms with Gasteiger partial charge < -0.3 is 10.2 Å². The van der Waals surface area contributed by atoms with Crippen LogP contribution in [0.5, 0.6) is 0 Å². The highest BCUT2D eigenvalue weighted by Crippen LogP contribution is 2.27. The summed E-state index contributed by atoms with van der Waals surface area (Å²) < 4.78 is 13.0. The molecule has 1 aromatic heterocycles. The number of hydrogen-bond acceptors (Lipinski definition) is 3. The zero-order valence-electron chi connectivity index (χ0n) is 12.9. The van der Waals surface area contributed by atoms with Crippen LogP contribution >= 0.6 is 0 Å². The Kier molecular flexibility index (Phi) is 3.85. The largest absolute Gasteiger partial charge is 0.323 e. The highest BCUT2D eigenvalue weighted by molar-refractivity contribution is 6.03. The van der Waals surface area contributed by atoms with Gasteiger partial charge in [-0.15, -0.1) is 0 Å². The van der Waals surface area contributed by atoms with Crippen LogP contribution in [0, 0.1) is 25.6 Å². The number of aromatic nitrogens is 2. The van der Waals surface area contributed by atoms with E-state index in [9.17, 15) is 14.0 Å². The second kappa shape index (κ2) is 5.83. The van der Waals surface area contributed by atoms with Gasteiger partial charge in [0.25, 0.3) is 0 Å². The number of hydrogen-bond donors (Lipinski definition) is 2. The SMILES string of the molecule is Cc1n[nH]c(C)c1NC(=O)C1CC(=O)N(c2ccc(F)cc2)C1. The molecule has 2 amide bonds. The monoisotopic (exact) mass is 316 g/mol. The molecule has 23 heavy (non-hydrogen) atoms. The van der Waals surface area contributed by atoms with Gasteiger partial charge in [0.05, 0.1) is 23.0 Å². The lowest BCUT2D eigenvalue weighted by molar-refractivity contribution is -0.122. The summed E-state index contributed by atoms with van der Waals surface area (Å²) in [6.45, 7) is 3.90. The van der Waals surface area contributed by atoms with Crippen molar-refractivity contribution in [2.45, 2.75) is 20.3 Å². The van der Waals surface area contributed by atoms with Crippen molar-refractivity contribution in [3.05, 3.63) is 41.5 Å². The first-order valence-electron chi connectivity index (χ1n) is 7.34. The molecular formula is C16H17FN4O2. The van der Waals surface area contributed by atoms with Crippen molar-refractivity contribution in [2.75, 3.05) is 16.8 Å². The summed E-state index contributed by atoms with van der Waals surface area (Å²) in [4.78, 5) is 26.1. The molecule has 120 valence electrons. The van der Waals surface area contributed by atoms with Gasteiger partial charge in [-0.3, -0.25) is 14.7 Å². The van der Waals surface area contributed by atoms with Gasteiger partial charge in [-0.1, -0.05) is 0 Å². The van der Waals surface area contributed by atoms with Crippen LogP contribution in [-0.4, -0.2) is 28.6 Å². The van der Waals surface area contributed by atoms with Crippen molar-refractivity contribution in [1.29, 1.82) is 0 Å². The van der Waals surface area contributed by atoms with Gasteiger partial charge in [0, 0.05) is 18.7 Å². The number of amides is 2. The molecule has 1 aliphatic heterocycles. The van der Waals surface area contributed by atoms with Crippen LogP contribution in [0.1, 0.15) is 17.8 Å². The predicted octanol–water partition coefficient (Wildman–Crippen LogP) is 2.16. The molecule has 0 radical (unpaired) electrons. The average molecular weight is 316 g/mol. The van der Waals surface area contributed by atoms with Crippen LogP contribution in [0.3, 0.4) is 0 Å². The summed E-state index contributed by atoms with van der Waals surface area (Å²) >= 11 is 0. The van der Waals surface area contributed by atoms with Gasteiger partial charge in [0.1, 0.15) is 5.82 Å². The summed E-state index contributed by atoms with van der Waals surface area (Å²) in [5.74, 6) is -1.16. The summed E-state index contributed by atoms with van der Waals surface area (Å²) in [7, 11) is 0. The Balaban J connectivity index is 1.72. The molecule has 2 heterocycles. The molecular weight excluding hydrogens is 299 g/mol. The number of carbonyl (C=O) groups is 2. The van der Waals surface area contributed by atoms with E-state index in [4.69, 9.17) is 0 Å². The fourth-order valence-corrected chi connectivity index (χ4v) is 2.71. The van der Waals surface area contributed by atoms with Crippen LogP contribution in [0.4, 0.5) is 15.8 Å². The number of rotatable bonds is 3. The van der Waals surface area contributed by atoms with Gasteiger partial charge >= 0.3 is 0 Å². The summed E-state index contributed by atoms with van der Waals surface area (Å²) in [6, 6.07) is 5.68. The minimum Gasteiger partial charge on any atom is -0.323 e. The molecule has 1 atom stereocenters. The molecule has 2 N–H and O–H groups in total. The van der Waals surface area contributed by atoms with Gasteiger partial charge in [-0.2, -0.15) is 5.10 Å². The number of nitrogens with zero attached hydrogens (tertiary/aromatic N) is 2. The molecule has 7 heteroatoms. The Morgan fingerprint density at radius 3 is 2.65 bits per heavy atom. The van der Waals surface area contributed by atoms with Gasteiger partial charge in [-0.25, -0.2) is 4.39 Å². The minimum atomic E-state index is -0.443. The molecule has 1 saturated heterocycles. The summed E-state index contributed by atoms with van der Waals surface area (Å²) in [5, 5.41) is 9.66. The maximum atomic E-state index is 13.0. The van der Waals surface area contributed by atoms with E-state index < -0.39 is 5.92 Å². The molecule has 0 saturated carbocycles. The van der Waals surface area contributed by atoms with Crippen molar-refractivity contribution in [3.63, 3.8) is 0 Å². The molecule has 1 fully saturated rings. The molecule has 2 aromatic rings. The zero-order valence-corrected chi connectivity index (χ0v) is 12.9. The summed E-state index contributed by atoms with van der Waals surface area (Å²) in [5.41, 5.74) is 2.73. The third-order valence-corrected chi connectivity index (χ3v) is 4.01. The Hall–Kier alpha value is -2.70. The van der Waals surface area contributed by atoms with Crippen LogP contribution in [0.15, 0.2) is 24.3 Å². The number of halogens is 1. The van der Waals surface area contributed by atoms with E-state index >= 15 is 0 Å². The van der Waals surface area contributed by atoms with E-state index in [0.717, 1.165) is 5.69 Å². The lowest BCUT2D eigenvalue weighted by Crippen LogP contribution is -2.28. The number of nitrogens with one attached hydrogen (secondary N) is 2. The molecule has 0 spiro atoms. The Bertz CT molecular complexity index is 734. The fourth-order valence-electron chi connectivity index (χ4n) is 2.71. The van der Waals surface area contributed by atoms with Gasteiger partial charge in [0.2, 0.25) is 11.8 Å². The smallest absolute Gasteiger partial charge is 0.229 e. The number of anilines is 2. The van der Waals surface area contributed by atoms with Crippen LogP contribution in [0.2, 0.25) is 0 Å². The van der Waals surface area contributed by atoms with E-state index in [1.54, 1.807) is 6.92 Å². The van der Waals surface area contributed by atoms with Gasteiger partial charge in [-0.05, 0) is 38.1 Å². The van der Waals surface area contributed by atoms with Crippen LogP contribution < -0.4 is 10.2 Å². The number of aromatic amines is 1. The number of benzene rings is 1. The third kappa shape index (κ3) is 2.94. The van der Waals surface area contributed by atoms with E-state index in [1.165, 1.54) is 29.2 Å². The first-order valence-corrected chi connectivity index (χ1v) is 7.34. The lowest BCUT2D eigenvalue weighted by atomic mass is 10.1. The molecule has 0 bridgehead atoms. The van der Waals surface area contributed by atoms with E-state index in [1.807, 2.05) is 6.92 Å². The molecule has 0 aliphatic carbocycles. The first-order chi connectivity index (χ1) is 11.0. The molecule has 1 aliphatic rings. The Labute approximate surface area is 132 Å².